The largest absolute Gasteiger partial charge is 0.494 e. The van der Waals surface area contributed by atoms with Crippen LogP contribution in [0.5, 0.6) is 11.5 Å². The van der Waals surface area contributed by atoms with Gasteiger partial charge >= 0.3 is 12.1 Å². The summed E-state index contributed by atoms with van der Waals surface area (Å²) in [6, 6.07) is 16.8. The minimum absolute atomic E-state index is 0.283. The van der Waals surface area contributed by atoms with E-state index in [-0.39, 0.29) is 12.5 Å². The van der Waals surface area contributed by atoms with Gasteiger partial charge in [0.15, 0.2) is 6.10 Å². The SMILES string of the molecule is CCCOC(=O)N(CCCOc1ccccc1)CCOc1ccc(CC(OCC)C(=O)O)cc1. The monoisotopic (exact) mass is 473 g/mol. The molecule has 2 aromatic carbocycles. The maximum Gasteiger partial charge on any atom is 0.409 e. The van der Waals surface area contributed by atoms with Crippen LogP contribution in [-0.2, 0) is 20.7 Å². The van der Waals surface area contributed by atoms with Crippen LogP contribution in [-0.4, -0.2) is 67.7 Å². The van der Waals surface area contributed by atoms with Crippen LogP contribution in [0.3, 0.4) is 0 Å². The molecule has 34 heavy (non-hydrogen) atoms. The fourth-order valence-corrected chi connectivity index (χ4v) is 3.17. The topological polar surface area (TPSA) is 94.5 Å². The summed E-state index contributed by atoms with van der Waals surface area (Å²) in [5, 5.41) is 9.22. The number of carboxylic acids is 1. The number of benzene rings is 2. The maximum absolute atomic E-state index is 12.4. The van der Waals surface area contributed by atoms with Crippen LogP contribution < -0.4 is 9.47 Å². The first-order valence-electron chi connectivity index (χ1n) is 11.7. The highest BCUT2D eigenvalue weighted by atomic mass is 16.6. The first-order chi connectivity index (χ1) is 16.5. The Morgan fingerprint density at radius 1 is 0.882 bits per heavy atom. The Morgan fingerprint density at radius 2 is 1.56 bits per heavy atom. The van der Waals surface area contributed by atoms with E-state index < -0.39 is 12.1 Å². The first kappa shape index (κ1) is 27.0. The molecule has 186 valence electrons. The van der Waals surface area contributed by atoms with Gasteiger partial charge in [0, 0.05) is 19.6 Å². The number of carboxylic acid groups (broad SMARTS) is 1. The third-order valence-corrected chi connectivity index (χ3v) is 4.89. The number of ether oxygens (including phenoxy) is 4. The highest BCUT2D eigenvalue weighted by Crippen LogP contribution is 2.15. The highest BCUT2D eigenvalue weighted by molar-refractivity contribution is 5.72. The standard InChI is InChI=1S/C26H35NO7/c1-3-17-34-26(30)27(15-8-18-32-22-9-6-5-7-10-22)16-19-33-23-13-11-21(12-14-23)20-24(25(28)29)31-4-2/h5-7,9-14,24H,3-4,8,15-20H2,1-2H3,(H,28,29). The number of amides is 1. The van der Waals surface area contributed by atoms with Crippen LogP contribution in [0.2, 0.25) is 0 Å². The van der Waals surface area contributed by atoms with Gasteiger partial charge < -0.3 is 29.0 Å². The van der Waals surface area contributed by atoms with Crippen molar-refractivity contribution in [2.45, 2.75) is 39.2 Å². The van der Waals surface area contributed by atoms with Crippen molar-refractivity contribution >= 4 is 12.1 Å². The van der Waals surface area contributed by atoms with Gasteiger partial charge in [-0.2, -0.15) is 0 Å². The Bertz CT molecular complexity index is 842. The molecule has 0 heterocycles. The number of nitrogens with zero attached hydrogens (tertiary/aromatic N) is 1. The number of hydrogen-bond acceptors (Lipinski definition) is 6. The van der Waals surface area contributed by atoms with Crippen LogP contribution in [0, 0.1) is 0 Å². The fraction of sp³-hybridized carbons (Fsp3) is 0.462. The lowest BCUT2D eigenvalue weighted by atomic mass is 10.1. The maximum atomic E-state index is 12.4. The van der Waals surface area contributed by atoms with Crippen molar-refractivity contribution in [2.24, 2.45) is 0 Å². The minimum atomic E-state index is -0.980. The van der Waals surface area contributed by atoms with Crippen molar-refractivity contribution in [3.63, 3.8) is 0 Å². The zero-order valence-corrected chi connectivity index (χ0v) is 20.0. The third-order valence-electron chi connectivity index (χ3n) is 4.89. The zero-order valence-electron chi connectivity index (χ0n) is 20.0. The summed E-state index contributed by atoms with van der Waals surface area (Å²) < 4.78 is 22.0. The second kappa shape index (κ2) is 15.6. The normalized spacial score (nSPS) is 11.5. The van der Waals surface area contributed by atoms with Gasteiger partial charge in [-0.15, -0.1) is 0 Å². The number of carbonyl (C=O) groups is 2. The Labute approximate surface area is 201 Å². The molecule has 1 amide bonds. The van der Waals surface area contributed by atoms with E-state index in [0.29, 0.717) is 51.7 Å². The van der Waals surface area contributed by atoms with E-state index in [1.165, 1.54) is 0 Å². The van der Waals surface area contributed by atoms with E-state index >= 15 is 0 Å². The quantitative estimate of drug-likeness (QED) is 0.361. The van der Waals surface area contributed by atoms with Crippen molar-refractivity contribution in [1.29, 1.82) is 0 Å². The summed E-state index contributed by atoms with van der Waals surface area (Å²) in [4.78, 5) is 25.3. The molecule has 2 rings (SSSR count). The van der Waals surface area contributed by atoms with Crippen LogP contribution in [0.4, 0.5) is 4.79 Å². The molecule has 0 aliphatic carbocycles. The summed E-state index contributed by atoms with van der Waals surface area (Å²) in [6.07, 6.45) is 0.466. The lowest BCUT2D eigenvalue weighted by molar-refractivity contribution is -0.149. The molecule has 0 aliphatic rings. The molecule has 0 fully saturated rings. The molecule has 0 aromatic heterocycles. The molecular weight excluding hydrogens is 438 g/mol. The van der Waals surface area contributed by atoms with Crippen LogP contribution in [0.15, 0.2) is 54.6 Å². The Hall–Kier alpha value is -3.26. The molecule has 0 saturated carbocycles. The van der Waals surface area contributed by atoms with Crippen molar-refractivity contribution in [3.8, 4) is 11.5 Å². The van der Waals surface area contributed by atoms with Crippen molar-refractivity contribution in [2.75, 3.05) is 39.5 Å². The smallest absolute Gasteiger partial charge is 0.409 e. The van der Waals surface area contributed by atoms with Crippen molar-refractivity contribution in [3.05, 3.63) is 60.2 Å². The number of hydrogen-bond donors (Lipinski definition) is 1. The van der Waals surface area contributed by atoms with Gasteiger partial charge in [-0.25, -0.2) is 9.59 Å². The Balaban J connectivity index is 1.81. The van der Waals surface area contributed by atoms with Gasteiger partial charge in [0.2, 0.25) is 0 Å². The molecule has 0 bridgehead atoms. The summed E-state index contributed by atoms with van der Waals surface area (Å²) in [6.45, 7) is 6.09. The lowest BCUT2D eigenvalue weighted by Gasteiger charge is -2.22. The molecule has 1 atom stereocenters. The Kier molecular flexibility index (Phi) is 12.3. The molecule has 1 unspecified atom stereocenters. The van der Waals surface area contributed by atoms with Crippen molar-refractivity contribution < 1.29 is 33.6 Å². The zero-order chi connectivity index (χ0) is 24.6. The van der Waals surface area contributed by atoms with E-state index in [0.717, 1.165) is 17.7 Å². The number of rotatable bonds is 16. The molecule has 8 nitrogen and oxygen atoms in total. The highest BCUT2D eigenvalue weighted by Gasteiger charge is 2.18. The third kappa shape index (κ3) is 10.1. The van der Waals surface area contributed by atoms with E-state index in [4.69, 9.17) is 18.9 Å². The molecule has 0 spiro atoms. The van der Waals surface area contributed by atoms with Crippen molar-refractivity contribution in [1.82, 2.24) is 4.90 Å². The molecule has 0 saturated heterocycles. The summed E-state index contributed by atoms with van der Waals surface area (Å²) in [5.41, 5.74) is 0.844. The van der Waals surface area contributed by atoms with E-state index in [1.54, 1.807) is 24.0 Å². The van der Waals surface area contributed by atoms with Gasteiger partial charge in [0.05, 0.1) is 19.8 Å². The molecule has 8 heteroatoms. The molecule has 2 aromatic rings. The Morgan fingerprint density at radius 3 is 2.21 bits per heavy atom. The summed E-state index contributed by atoms with van der Waals surface area (Å²) >= 11 is 0. The van der Waals surface area contributed by atoms with Crippen LogP contribution in [0.25, 0.3) is 0 Å². The molecular formula is C26H35NO7. The van der Waals surface area contributed by atoms with Crippen LogP contribution in [0.1, 0.15) is 32.3 Å². The molecule has 1 N–H and O–H groups in total. The van der Waals surface area contributed by atoms with Gasteiger partial charge in [-0.3, -0.25) is 0 Å². The number of carbonyl (C=O) groups excluding carboxylic acids is 1. The lowest BCUT2D eigenvalue weighted by Crippen LogP contribution is -2.36. The second-order valence-electron chi connectivity index (χ2n) is 7.60. The summed E-state index contributed by atoms with van der Waals surface area (Å²) in [7, 11) is 0. The second-order valence-corrected chi connectivity index (χ2v) is 7.60. The predicted molar refractivity (Wildman–Crippen MR) is 128 cm³/mol. The first-order valence-corrected chi connectivity index (χ1v) is 11.7. The number of para-hydroxylation sites is 1. The molecule has 0 aliphatic heterocycles. The number of aliphatic carboxylic acids is 1. The van der Waals surface area contributed by atoms with Gasteiger partial charge in [0.1, 0.15) is 18.1 Å². The summed E-state index contributed by atoms with van der Waals surface area (Å²) in [5.74, 6) is 0.457. The van der Waals surface area contributed by atoms with Gasteiger partial charge in [-0.05, 0) is 49.6 Å². The predicted octanol–water partition coefficient (Wildman–Crippen LogP) is 4.42. The van der Waals surface area contributed by atoms with E-state index in [1.807, 2.05) is 49.4 Å². The average Bonchev–Trinajstić information content (AvgIpc) is 2.85. The molecule has 0 radical (unpaired) electrons. The minimum Gasteiger partial charge on any atom is -0.494 e. The fourth-order valence-electron chi connectivity index (χ4n) is 3.17. The van der Waals surface area contributed by atoms with Gasteiger partial charge in [0.25, 0.3) is 0 Å². The van der Waals surface area contributed by atoms with Gasteiger partial charge in [-0.1, -0.05) is 37.3 Å². The average molecular weight is 474 g/mol. The van der Waals surface area contributed by atoms with Crippen LogP contribution >= 0.6 is 0 Å². The van der Waals surface area contributed by atoms with E-state index in [9.17, 15) is 14.7 Å². The van der Waals surface area contributed by atoms with E-state index in [2.05, 4.69) is 0 Å².